The predicted molar refractivity (Wildman–Crippen MR) is 214 cm³/mol. The van der Waals surface area contributed by atoms with Crippen molar-refractivity contribution >= 4 is 22.1 Å². The van der Waals surface area contributed by atoms with Crippen molar-refractivity contribution in [1.29, 1.82) is 0 Å². The van der Waals surface area contributed by atoms with E-state index in [1.54, 1.807) is 0 Å². The second-order valence-corrected chi connectivity index (χ2v) is 15.7. The quantitative estimate of drug-likeness (QED) is 0.0222. The van der Waals surface area contributed by atoms with Crippen LogP contribution in [0.4, 0.5) is 0 Å². The first-order valence-electron chi connectivity index (χ1n) is 21.0. The van der Waals surface area contributed by atoms with E-state index >= 15 is 0 Å². The van der Waals surface area contributed by atoms with Crippen LogP contribution < -0.4 is 29.6 Å². The molecule has 0 saturated heterocycles. The molecule has 53 heavy (non-hydrogen) atoms. The van der Waals surface area contributed by atoms with Gasteiger partial charge in [0, 0.05) is 0 Å². The van der Waals surface area contributed by atoms with Crippen molar-refractivity contribution in [1.82, 2.24) is 0 Å². The minimum Gasteiger partial charge on any atom is -0.744 e. The van der Waals surface area contributed by atoms with Crippen molar-refractivity contribution in [2.75, 3.05) is 13.2 Å². The molecule has 298 valence electrons. The number of hydrogen-bond acceptors (Lipinski definition) is 7. The SMILES string of the molecule is CCCCC/C=C/CCCCCCCCCCCOC(=O)c1ccc(S(=O)(=O)[O-])cc1C(=O)OCCCCCCCCCCC/C=C/CCCCC.[Na+]. The number of hydrogen-bond donors (Lipinski definition) is 0. The van der Waals surface area contributed by atoms with E-state index in [0.717, 1.165) is 50.7 Å². The zero-order valence-electron chi connectivity index (χ0n) is 34.0. The smallest absolute Gasteiger partial charge is 0.744 e. The van der Waals surface area contributed by atoms with Crippen LogP contribution in [0.5, 0.6) is 0 Å². The van der Waals surface area contributed by atoms with Gasteiger partial charge in [-0.3, -0.25) is 0 Å². The van der Waals surface area contributed by atoms with Crippen LogP contribution >= 0.6 is 0 Å². The molecule has 0 fully saturated rings. The summed E-state index contributed by atoms with van der Waals surface area (Å²) in [5.41, 5.74) is -0.343. The average Bonchev–Trinajstić information content (AvgIpc) is 3.13. The molecule has 0 aliphatic carbocycles. The number of carbonyl (C=O) groups excluding carboxylic acids is 2. The van der Waals surface area contributed by atoms with Gasteiger partial charge in [0.2, 0.25) is 0 Å². The topological polar surface area (TPSA) is 110 Å². The minimum absolute atomic E-state index is 0. The Hall–Kier alpha value is -1.45. The molecule has 0 N–H and O–H groups in total. The summed E-state index contributed by atoms with van der Waals surface area (Å²) in [5, 5.41) is 0. The summed E-state index contributed by atoms with van der Waals surface area (Å²) < 4.78 is 45.7. The van der Waals surface area contributed by atoms with Crippen LogP contribution in [-0.4, -0.2) is 38.1 Å². The Morgan fingerprint density at radius 1 is 0.509 bits per heavy atom. The fourth-order valence-electron chi connectivity index (χ4n) is 6.21. The summed E-state index contributed by atoms with van der Waals surface area (Å²) >= 11 is 0. The molecule has 0 aliphatic rings. The second kappa shape index (κ2) is 36.2. The van der Waals surface area contributed by atoms with E-state index in [1.807, 2.05) is 0 Å². The van der Waals surface area contributed by atoms with Crippen molar-refractivity contribution in [3.05, 3.63) is 53.6 Å². The van der Waals surface area contributed by atoms with Crippen LogP contribution in [0.3, 0.4) is 0 Å². The fraction of sp³-hybridized carbons (Fsp3) is 0.727. The number of rotatable bonds is 35. The first-order valence-corrected chi connectivity index (χ1v) is 22.5. The Labute approximate surface area is 347 Å². The largest absolute Gasteiger partial charge is 1.00 e. The molecule has 0 aliphatic heterocycles. The first kappa shape index (κ1) is 51.5. The molecule has 0 unspecified atom stereocenters. The van der Waals surface area contributed by atoms with Gasteiger partial charge in [-0.2, -0.15) is 0 Å². The molecular weight excluding hydrogens is 696 g/mol. The molecule has 0 atom stereocenters. The third-order valence-electron chi connectivity index (χ3n) is 9.50. The van der Waals surface area contributed by atoms with E-state index in [1.165, 1.54) is 134 Å². The monoisotopic (exact) mass is 768 g/mol. The number of benzene rings is 1. The summed E-state index contributed by atoms with van der Waals surface area (Å²) in [5.74, 6) is -1.55. The average molecular weight is 769 g/mol. The maximum Gasteiger partial charge on any atom is 1.00 e. The third-order valence-corrected chi connectivity index (χ3v) is 10.3. The van der Waals surface area contributed by atoms with E-state index in [4.69, 9.17) is 9.47 Å². The van der Waals surface area contributed by atoms with Crippen LogP contribution in [0, 0.1) is 0 Å². The minimum atomic E-state index is -4.81. The molecule has 0 bridgehead atoms. The van der Waals surface area contributed by atoms with Gasteiger partial charge in [0.15, 0.2) is 0 Å². The molecule has 0 aromatic heterocycles. The Balaban J connectivity index is 0.0000270. The maximum absolute atomic E-state index is 12.9. The van der Waals surface area contributed by atoms with Crippen LogP contribution in [0.15, 0.2) is 47.4 Å². The summed E-state index contributed by atoms with van der Waals surface area (Å²) in [6, 6.07) is 3.13. The van der Waals surface area contributed by atoms with Crippen LogP contribution in [0.2, 0.25) is 0 Å². The first-order chi connectivity index (χ1) is 25.3. The Kier molecular flexibility index (Phi) is 35.2. The maximum atomic E-state index is 12.9. The van der Waals surface area contributed by atoms with Crippen molar-refractivity contribution in [2.45, 2.75) is 199 Å². The Morgan fingerprint density at radius 3 is 1.19 bits per heavy atom. The molecule has 0 heterocycles. The number of allylic oxidation sites excluding steroid dienone is 4. The number of unbranched alkanes of at least 4 members (excludes halogenated alkanes) is 24. The standard InChI is InChI=1S/C44H74O7S.Na/c1-3-5-7-9-11-13-15-17-19-21-23-25-27-29-31-33-37-50-43(45)41-36-35-40(52(47,48)49)39-42(41)44(46)51-38-34-32-30-28-26-24-22-20-18-16-14-12-10-8-6-4-2;/h11-14,35-36,39H,3-10,15-34,37-38H2,1-2H3,(H,47,48,49);/q;+1/p-1/b13-11+,14-12+;. The summed E-state index contributed by atoms with van der Waals surface area (Å²) in [7, 11) is -4.81. The van der Waals surface area contributed by atoms with Crippen molar-refractivity contribution < 1.29 is 61.6 Å². The third kappa shape index (κ3) is 29.5. The van der Waals surface area contributed by atoms with Gasteiger partial charge in [0.05, 0.1) is 29.2 Å². The molecule has 7 nitrogen and oxygen atoms in total. The zero-order valence-corrected chi connectivity index (χ0v) is 36.8. The molecular formula is C44H73NaO7S. The van der Waals surface area contributed by atoms with Gasteiger partial charge in [0.1, 0.15) is 10.1 Å². The van der Waals surface area contributed by atoms with Gasteiger partial charge >= 0.3 is 41.5 Å². The number of carbonyl (C=O) groups is 2. The Morgan fingerprint density at radius 2 is 0.830 bits per heavy atom. The number of esters is 2. The van der Waals surface area contributed by atoms with E-state index in [0.29, 0.717) is 12.8 Å². The van der Waals surface area contributed by atoms with Gasteiger partial charge in [-0.05, 0) is 82.4 Å². The van der Waals surface area contributed by atoms with E-state index in [-0.39, 0.29) is 53.9 Å². The van der Waals surface area contributed by atoms with Crippen molar-refractivity contribution in [2.24, 2.45) is 0 Å². The normalized spacial score (nSPS) is 11.7. The van der Waals surface area contributed by atoms with Crippen LogP contribution in [0.25, 0.3) is 0 Å². The van der Waals surface area contributed by atoms with E-state index in [2.05, 4.69) is 38.2 Å². The molecule has 0 amide bonds. The van der Waals surface area contributed by atoms with Crippen molar-refractivity contribution in [3.63, 3.8) is 0 Å². The second-order valence-electron chi connectivity index (χ2n) is 14.3. The van der Waals surface area contributed by atoms with Gasteiger partial charge in [0.25, 0.3) is 0 Å². The molecule has 1 rings (SSSR count). The molecule has 0 radical (unpaired) electrons. The van der Waals surface area contributed by atoms with Gasteiger partial charge in [-0.15, -0.1) is 0 Å². The molecule has 1 aromatic carbocycles. The Bertz CT molecular complexity index is 1210. The molecule has 0 saturated carbocycles. The van der Waals surface area contributed by atoms with Crippen LogP contribution in [-0.2, 0) is 19.6 Å². The van der Waals surface area contributed by atoms with Gasteiger partial charge in [-0.1, -0.05) is 154 Å². The van der Waals surface area contributed by atoms with Crippen molar-refractivity contribution in [3.8, 4) is 0 Å². The van der Waals surface area contributed by atoms with E-state index in [9.17, 15) is 22.6 Å². The zero-order chi connectivity index (χ0) is 38.0. The van der Waals surface area contributed by atoms with E-state index < -0.39 is 27.0 Å². The van der Waals surface area contributed by atoms with Gasteiger partial charge < -0.3 is 14.0 Å². The number of ether oxygens (including phenoxy) is 2. The van der Waals surface area contributed by atoms with Gasteiger partial charge in [-0.25, -0.2) is 18.0 Å². The summed E-state index contributed by atoms with van der Waals surface area (Å²) in [6.45, 7) is 4.83. The fourth-order valence-corrected chi connectivity index (χ4v) is 6.71. The molecule has 9 heteroatoms. The molecule has 1 aromatic rings. The predicted octanol–water partition coefficient (Wildman–Crippen LogP) is 9.98. The summed E-state index contributed by atoms with van der Waals surface area (Å²) in [6.07, 6.45) is 42.1. The summed E-state index contributed by atoms with van der Waals surface area (Å²) in [4.78, 5) is 25.2. The van der Waals surface area contributed by atoms with Crippen LogP contribution in [0.1, 0.15) is 214 Å². The molecule has 0 spiro atoms.